The summed E-state index contributed by atoms with van der Waals surface area (Å²) in [5.74, 6) is -1.97. The van der Waals surface area contributed by atoms with E-state index in [1.165, 1.54) is 0 Å². The van der Waals surface area contributed by atoms with Crippen LogP contribution in [0, 0.1) is 0 Å². The smallest absolute Gasteiger partial charge is 0.261 e. The van der Waals surface area contributed by atoms with Gasteiger partial charge in [0, 0.05) is 65.9 Å². The molecule has 0 unspecified atom stereocenters. The normalized spacial score (nSPS) is 15.3. The van der Waals surface area contributed by atoms with Crippen LogP contribution in [-0.4, -0.2) is 59.0 Å². The Hall–Kier alpha value is -4.09. The van der Waals surface area contributed by atoms with Crippen molar-refractivity contribution < 1.29 is 8.78 Å². The third kappa shape index (κ3) is 4.33. The molecule has 8 nitrogen and oxygen atoms in total. The highest BCUT2D eigenvalue weighted by Gasteiger charge is 2.37. The minimum atomic E-state index is -2.62. The first-order valence-corrected chi connectivity index (χ1v) is 12.7. The highest BCUT2D eigenvalue weighted by atomic mass is 32.1. The van der Waals surface area contributed by atoms with Gasteiger partial charge in [-0.3, -0.25) is 20.0 Å². The Bertz CT molecular complexity index is 1740. The molecule has 0 aliphatic carbocycles. The summed E-state index contributed by atoms with van der Waals surface area (Å²) >= 11 is 1.64. The molecule has 0 atom stereocenters. The number of pyridine rings is 3. The summed E-state index contributed by atoms with van der Waals surface area (Å²) in [7, 11) is 0. The first kappa shape index (κ1) is 24.3. The molecule has 0 spiro atoms. The maximum absolute atomic E-state index is 13.6. The zero-order chi connectivity index (χ0) is 25.0. The fourth-order valence-electron chi connectivity index (χ4n) is 4.83. The molecule has 1 aliphatic rings. The molecule has 0 amide bonds. The van der Waals surface area contributed by atoms with Crippen LogP contribution in [0.15, 0.2) is 60.6 Å². The number of halogens is 2. The number of nitrogens with one attached hydrogen (secondary N) is 2. The first-order chi connectivity index (χ1) is 18.0. The quantitative estimate of drug-likeness (QED) is 0.277. The van der Waals surface area contributed by atoms with E-state index < -0.39 is 5.92 Å². The van der Waals surface area contributed by atoms with Crippen molar-refractivity contribution in [2.24, 2.45) is 0 Å². The molecular weight excluding hydrogens is 506 g/mol. The molecular formula is C27H24F2N8S. The number of imidazole rings is 1. The minimum Gasteiger partial charge on any atom is -0.335 e. The van der Waals surface area contributed by atoms with E-state index in [2.05, 4.69) is 36.2 Å². The summed E-state index contributed by atoms with van der Waals surface area (Å²) in [5.41, 5.74) is 6.53. The van der Waals surface area contributed by atoms with Gasteiger partial charge in [-0.1, -0.05) is 13.5 Å². The average molecular weight is 531 g/mol. The van der Waals surface area contributed by atoms with Crippen LogP contribution in [0.25, 0.3) is 55.2 Å². The van der Waals surface area contributed by atoms with Gasteiger partial charge in [-0.05, 0) is 29.1 Å². The lowest BCUT2D eigenvalue weighted by molar-refractivity contribution is 0.0115. The largest absolute Gasteiger partial charge is 0.335 e. The number of nitrogens with zero attached hydrogens (tertiary/aromatic N) is 6. The molecule has 2 N–H and O–H groups in total. The highest BCUT2D eigenvalue weighted by Crippen LogP contribution is 2.34. The Morgan fingerprint density at radius 1 is 1.05 bits per heavy atom. The Labute approximate surface area is 220 Å². The van der Waals surface area contributed by atoms with E-state index in [9.17, 15) is 8.78 Å². The molecule has 7 heterocycles. The van der Waals surface area contributed by atoms with Gasteiger partial charge in [0.1, 0.15) is 11.2 Å². The van der Waals surface area contributed by atoms with Crippen molar-refractivity contribution in [2.45, 2.75) is 26.3 Å². The molecule has 0 aromatic carbocycles. The number of thiophene rings is 1. The van der Waals surface area contributed by atoms with Gasteiger partial charge in [-0.15, -0.1) is 11.3 Å². The van der Waals surface area contributed by atoms with Crippen LogP contribution in [0.4, 0.5) is 8.78 Å². The van der Waals surface area contributed by atoms with Crippen molar-refractivity contribution in [3.8, 4) is 33.1 Å². The third-order valence-corrected chi connectivity index (χ3v) is 7.51. The maximum Gasteiger partial charge on any atom is 0.261 e. The molecule has 6 aromatic rings. The topological polar surface area (TPSA) is 99.3 Å². The molecule has 1 saturated heterocycles. The van der Waals surface area contributed by atoms with E-state index in [0.29, 0.717) is 24.6 Å². The lowest BCUT2D eigenvalue weighted by Gasteiger charge is -2.15. The van der Waals surface area contributed by atoms with Gasteiger partial charge in [0.05, 0.1) is 23.6 Å². The van der Waals surface area contributed by atoms with Crippen molar-refractivity contribution in [1.82, 2.24) is 40.0 Å². The molecule has 0 saturated carbocycles. The van der Waals surface area contributed by atoms with Crippen molar-refractivity contribution in [3.05, 3.63) is 66.2 Å². The number of aromatic nitrogens is 7. The molecule has 0 radical (unpaired) electrons. The number of H-pyrrole nitrogens is 2. The van der Waals surface area contributed by atoms with Crippen molar-refractivity contribution >= 4 is 33.4 Å². The second kappa shape index (κ2) is 9.34. The summed E-state index contributed by atoms with van der Waals surface area (Å²) < 4.78 is 27.2. The molecule has 11 heteroatoms. The van der Waals surface area contributed by atoms with Crippen LogP contribution < -0.4 is 0 Å². The SMILES string of the molecule is C.FC1(F)CCN(Cc2cncc(-c3cnc4n[nH]c(-c5nc6c(-c7cccs7)cncc6[nH]5)c4c3)c2)C1. The van der Waals surface area contributed by atoms with Gasteiger partial charge in [0.15, 0.2) is 11.5 Å². The predicted octanol–water partition coefficient (Wildman–Crippen LogP) is 6.16. The van der Waals surface area contributed by atoms with E-state index in [-0.39, 0.29) is 20.4 Å². The maximum atomic E-state index is 13.6. The molecule has 1 fully saturated rings. The fourth-order valence-corrected chi connectivity index (χ4v) is 5.57. The van der Waals surface area contributed by atoms with Gasteiger partial charge in [-0.2, -0.15) is 5.10 Å². The number of fused-ring (bicyclic) bond motifs is 2. The predicted molar refractivity (Wildman–Crippen MR) is 145 cm³/mol. The van der Waals surface area contributed by atoms with Crippen LogP contribution in [-0.2, 0) is 6.54 Å². The fraction of sp³-hybridized carbons (Fsp3) is 0.222. The first-order valence-electron chi connectivity index (χ1n) is 11.8. The summed E-state index contributed by atoms with van der Waals surface area (Å²) in [6, 6.07) is 8.03. The number of rotatable bonds is 5. The Balaban J connectivity index is 0.00000264. The Morgan fingerprint density at radius 3 is 2.74 bits per heavy atom. The number of hydrogen-bond donors (Lipinski definition) is 2. The van der Waals surface area contributed by atoms with Gasteiger partial charge in [-0.25, -0.2) is 18.7 Å². The second-order valence-electron chi connectivity index (χ2n) is 9.24. The number of hydrogen-bond acceptors (Lipinski definition) is 7. The standard InChI is InChI=1S/C26H20F2N8S.CH4/c27-26(28)3-4-36(14-26)13-15-6-16(9-29-8-15)17-7-18-23(34-35-24(18)31-10-17)25-32-20-12-30-11-19(22(20)33-25)21-2-1-5-37-21;/h1-2,5-12H,3-4,13-14H2,(H,32,33)(H,31,34,35);1H4. The summed E-state index contributed by atoms with van der Waals surface area (Å²) in [6.07, 6.45) is 8.71. The summed E-state index contributed by atoms with van der Waals surface area (Å²) in [6.45, 7) is 0.595. The van der Waals surface area contributed by atoms with E-state index in [1.54, 1.807) is 41.0 Å². The van der Waals surface area contributed by atoms with E-state index in [0.717, 1.165) is 49.2 Å². The molecule has 38 heavy (non-hydrogen) atoms. The van der Waals surface area contributed by atoms with Gasteiger partial charge in [0.25, 0.3) is 5.92 Å². The van der Waals surface area contributed by atoms with E-state index in [1.807, 2.05) is 29.8 Å². The van der Waals surface area contributed by atoms with E-state index in [4.69, 9.17) is 4.98 Å². The van der Waals surface area contributed by atoms with Crippen LogP contribution >= 0.6 is 11.3 Å². The number of alkyl halides is 2. The third-order valence-electron chi connectivity index (χ3n) is 6.61. The lowest BCUT2D eigenvalue weighted by atomic mass is 10.1. The van der Waals surface area contributed by atoms with Gasteiger partial charge < -0.3 is 4.98 Å². The van der Waals surface area contributed by atoms with Crippen LogP contribution in [0.1, 0.15) is 19.4 Å². The Kier molecular flexibility index (Phi) is 5.96. The number of likely N-dealkylation sites (tertiary alicyclic amines) is 1. The van der Waals surface area contributed by atoms with Gasteiger partial charge in [0.2, 0.25) is 0 Å². The van der Waals surface area contributed by atoms with E-state index >= 15 is 0 Å². The second-order valence-corrected chi connectivity index (χ2v) is 10.2. The lowest BCUT2D eigenvalue weighted by Crippen LogP contribution is -2.24. The Morgan fingerprint density at radius 2 is 1.92 bits per heavy atom. The molecule has 192 valence electrons. The van der Waals surface area contributed by atoms with Crippen LogP contribution in [0.2, 0.25) is 0 Å². The molecule has 6 aromatic heterocycles. The van der Waals surface area contributed by atoms with Crippen molar-refractivity contribution in [1.29, 1.82) is 0 Å². The van der Waals surface area contributed by atoms with Crippen molar-refractivity contribution in [3.63, 3.8) is 0 Å². The molecule has 0 bridgehead atoms. The zero-order valence-corrected chi connectivity index (χ0v) is 20.3. The van der Waals surface area contributed by atoms with Crippen LogP contribution in [0.3, 0.4) is 0 Å². The monoisotopic (exact) mass is 530 g/mol. The molecule has 7 rings (SSSR count). The molecule has 1 aliphatic heterocycles. The van der Waals surface area contributed by atoms with Gasteiger partial charge >= 0.3 is 0 Å². The van der Waals surface area contributed by atoms with Crippen molar-refractivity contribution in [2.75, 3.05) is 13.1 Å². The number of aromatic amines is 2. The summed E-state index contributed by atoms with van der Waals surface area (Å²) in [5, 5.41) is 10.3. The van der Waals surface area contributed by atoms with Crippen LogP contribution in [0.5, 0.6) is 0 Å². The zero-order valence-electron chi connectivity index (χ0n) is 19.4. The highest BCUT2D eigenvalue weighted by molar-refractivity contribution is 7.13. The average Bonchev–Trinajstić information content (AvgIpc) is 3.69. The minimum absolute atomic E-state index is 0. The summed E-state index contributed by atoms with van der Waals surface area (Å²) in [4.78, 5) is 24.4.